The van der Waals surface area contributed by atoms with Gasteiger partial charge in [0.1, 0.15) is 0 Å². The van der Waals surface area contributed by atoms with Crippen LogP contribution in [0.25, 0.3) is 0 Å². The maximum absolute atomic E-state index is 3.51. The van der Waals surface area contributed by atoms with Gasteiger partial charge >= 0.3 is 0 Å². The number of aryl methyl sites for hydroxylation is 2. The molecule has 0 aliphatic carbocycles. The van der Waals surface area contributed by atoms with Gasteiger partial charge in [0, 0.05) is 30.4 Å². The summed E-state index contributed by atoms with van der Waals surface area (Å²) in [6, 6.07) is 7.39. The fraction of sp³-hybridized carbons (Fsp3) is 0.600. The van der Waals surface area contributed by atoms with Crippen LogP contribution in [-0.4, -0.2) is 24.7 Å². The highest BCUT2D eigenvalue weighted by molar-refractivity contribution is 5.54. The van der Waals surface area contributed by atoms with E-state index in [9.17, 15) is 0 Å². The van der Waals surface area contributed by atoms with Crippen molar-refractivity contribution in [2.75, 3.05) is 18.0 Å². The summed E-state index contributed by atoms with van der Waals surface area (Å²) in [5.41, 5.74) is 4.24. The van der Waals surface area contributed by atoms with Crippen molar-refractivity contribution in [3.8, 4) is 0 Å². The molecule has 2 rings (SSSR count). The molecule has 2 heteroatoms. The Bertz CT molecular complexity index is 389. The van der Waals surface area contributed by atoms with Gasteiger partial charge in [-0.15, -0.1) is 0 Å². The highest BCUT2D eigenvalue weighted by Crippen LogP contribution is 2.30. The molecule has 1 N–H and O–H groups in total. The number of nitrogens with zero attached hydrogens (tertiary/aromatic N) is 1. The first kappa shape index (κ1) is 12.4. The lowest BCUT2D eigenvalue weighted by atomic mass is 9.95. The summed E-state index contributed by atoms with van der Waals surface area (Å²) in [6.07, 6.45) is 0. The highest BCUT2D eigenvalue weighted by atomic mass is 15.3. The largest absolute Gasteiger partial charge is 0.361 e. The van der Waals surface area contributed by atoms with Gasteiger partial charge in [-0.2, -0.15) is 0 Å². The maximum atomic E-state index is 3.51. The van der Waals surface area contributed by atoms with Gasteiger partial charge in [-0.3, -0.25) is 0 Å². The molecule has 0 aromatic heterocycles. The lowest BCUT2D eigenvalue weighted by Gasteiger charge is -2.49. The van der Waals surface area contributed by atoms with Crippen molar-refractivity contribution in [1.29, 1.82) is 0 Å². The second-order valence-corrected chi connectivity index (χ2v) is 6.01. The summed E-state index contributed by atoms with van der Waals surface area (Å²) in [6.45, 7) is 13.4. The summed E-state index contributed by atoms with van der Waals surface area (Å²) in [4.78, 5) is 2.56. The zero-order valence-electron chi connectivity index (χ0n) is 11.7. The quantitative estimate of drug-likeness (QED) is 0.801. The molecule has 1 aromatic rings. The molecule has 1 saturated heterocycles. The molecule has 0 radical (unpaired) electrons. The molecule has 1 atom stereocenters. The van der Waals surface area contributed by atoms with E-state index in [1.165, 1.54) is 16.8 Å². The molecule has 1 aromatic carbocycles. The third-order valence-electron chi connectivity index (χ3n) is 3.57. The van der Waals surface area contributed by atoms with Crippen LogP contribution in [0, 0.1) is 13.8 Å². The van der Waals surface area contributed by atoms with Crippen LogP contribution >= 0.6 is 0 Å². The SMILES string of the molecule is Cc1cc(C)cc(N2C(C)CNCC2(C)C)c1. The van der Waals surface area contributed by atoms with Crippen molar-refractivity contribution in [2.24, 2.45) is 0 Å². The molecule has 1 aliphatic heterocycles. The van der Waals surface area contributed by atoms with E-state index >= 15 is 0 Å². The summed E-state index contributed by atoms with van der Waals surface area (Å²) < 4.78 is 0. The van der Waals surface area contributed by atoms with Crippen LogP contribution in [0.1, 0.15) is 31.9 Å². The van der Waals surface area contributed by atoms with Crippen LogP contribution in [0.2, 0.25) is 0 Å². The minimum absolute atomic E-state index is 0.178. The second kappa shape index (κ2) is 4.34. The average molecular weight is 232 g/mol. The van der Waals surface area contributed by atoms with Crippen LogP contribution < -0.4 is 10.2 Å². The Balaban J connectivity index is 2.42. The Hall–Kier alpha value is -1.02. The van der Waals surface area contributed by atoms with Gasteiger partial charge in [0.05, 0.1) is 0 Å². The fourth-order valence-corrected chi connectivity index (χ4v) is 3.05. The van der Waals surface area contributed by atoms with Gasteiger partial charge in [0.25, 0.3) is 0 Å². The molecule has 1 unspecified atom stereocenters. The van der Waals surface area contributed by atoms with Crippen LogP contribution in [0.4, 0.5) is 5.69 Å². The van der Waals surface area contributed by atoms with Gasteiger partial charge in [-0.05, 0) is 57.9 Å². The molecule has 0 saturated carbocycles. The third-order valence-corrected chi connectivity index (χ3v) is 3.57. The van der Waals surface area contributed by atoms with E-state index in [1.54, 1.807) is 0 Å². The Morgan fingerprint density at radius 1 is 1.18 bits per heavy atom. The lowest BCUT2D eigenvalue weighted by molar-refractivity contribution is 0.333. The number of anilines is 1. The van der Waals surface area contributed by atoms with Gasteiger partial charge in [0.2, 0.25) is 0 Å². The number of piperazine rings is 1. The average Bonchev–Trinajstić information content (AvgIpc) is 2.13. The molecular formula is C15H24N2. The second-order valence-electron chi connectivity index (χ2n) is 6.01. The summed E-state index contributed by atoms with van der Waals surface area (Å²) in [5.74, 6) is 0. The lowest BCUT2D eigenvalue weighted by Crippen LogP contribution is -2.62. The number of hydrogen-bond donors (Lipinski definition) is 1. The van der Waals surface area contributed by atoms with E-state index in [1.807, 2.05) is 0 Å². The number of hydrogen-bond acceptors (Lipinski definition) is 2. The standard InChI is InChI=1S/C15H24N2/c1-11-6-12(2)8-14(7-11)17-13(3)9-16-10-15(17,4)5/h6-8,13,16H,9-10H2,1-5H3. The molecule has 0 amide bonds. The molecule has 1 aliphatic rings. The topological polar surface area (TPSA) is 15.3 Å². The minimum Gasteiger partial charge on any atom is -0.361 e. The number of nitrogens with one attached hydrogen (secondary N) is 1. The first-order valence-electron chi connectivity index (χ1n) is 6.48. The van der Waals surface area contributed by atoms with Crippen molar-refractivity contribution in [3.63, 3.8) is 0 Å². The van der Waals surface area contributed by atoms with Gasteiger partial charge in [-0.25, -0.2) is 0 Å². The number of benzene rings is 1. The third kappa shape index (κ3) is 2.47. The summed E-state index contributed by atoms with van der Waals surface area (Å²) in [7, 11) is 0. The Morgan fingerprint density at radius 3 is 2.29 bits per heavy atom. The fourth-order valence-electron chi connectivity index (χ4n) is 3.05. The van der Waals surface area contributed by atoms with Crippen molar-refractivity contribution in [1.82, 2.24) is 5.32 Å². The van der Waals surface area contributed by atoms with Crippen molar-refractivity contribution >= 4 is 5.69 Å². The monoisotopic (exact) mass is 232 g/mol. The maximum Gasteiger partial charge on any atom is 0.0473 e. The number of rotatable bonds is 1. The van der Waals surface area contributed by atoms with Gasteiger partial charge in [-0.1, -0.05) is 6.07 Å². The van der Waals surface area contributed by atoms with Gasteiger partial charge < -0.3 is 10.2 Å². The van der Waals surface area contributed by atoms with Gasteiger partial charge in [0.15, 0.2) is 0 Å². The van der Waals surface area contributed by atoms with Crippen LogP contribution in [0.5, 0.6) is 0 Å². The molecule has 94 valence electrons. The predicted octanol–water partition coefficient (Wildman–Crippen LogP) is 2.88. The summed E-state index contributed by atoms with van der Waals surface area (Å²) >= 11 is 0. The first-order chi connectivity index (χ1) is 7.90. The van der Waals surface area contributed by atoms with E-state index in [2.05, 4.69) is 63.0 Å². The molecule has 2 nitrogen and oxygen atoms in total. The minimum atomic E-state index is 0.178. The van der Waals surface area contributed by atoms with Crippen LogP contribution in [0.15, 0.2) is 18.2 Å². The highest BCUT2D eigenvalue weighted by Gasteiger charge is 2.34. The normalized spacial score (nSPS) is 23.8. The van der Waals surface area contributed by atoms with Crippen LogP contribution in [-0.2, 0) is 0 Å². The predicted molar refractivity (Wildman–Crippen MR) is 74.8 cm³/mol. The van der Waals surface area contributed by atoms with Crippen molar-refractivity contribution in [2.45, 2.75) is 46.2 Å². The molecule has 17 heavy (non-hydrogen) atoms. The van der Waals surface area contributed by atoms with Crippen LogP contribution in [0.3, 0.4) is 0 Å². The Labute approximate surface area is 105 Å². The molecular weight excluding hydrogens is 208 g/mol. The van der Waals surface area contributed by atoms with E-state index in [0.29, 0.717) is 6.04 Å². The molecule has 1 heterocycles. The van der Waals surface area contributed by atoms with E-state index in [0.717, 1.165) is 13.1 Å². The Kier molecular flexibility index (Phi) is 3.17. The zero-order chi connectivity index (χ0) is 12.6. The van der Waals surface area contributed by atoms with E-state index < -0.39 is 0 Å². The van der Waals surface area contributed by atoms with E-state index in [4.69, 9.17) is 0 Å². The summed E-state index contributed by atoms with van der Waals surface area (Å²) in [5, 5.41) is 3.51. The van der Waals surface area contributed by atoms with Crippen molar-refractivity contribution in [3.05, 3.63) is 29.3 Å². The van der Waals surface area contributed by atoms with E-state index in [-0.39, 0.29) is 5.54 Å². The molecule has 0 spiro atoms. The first-order valence-corrected chi connectivity index (χ1v) is 6.48. The zero-order valence-corrected chi connectivity index (χ0v) is 11.7. The molecule has 1 fully saturated rings. The smallest absolute Gasteiger partial charge is 0.0473 e. The van der Waals surface area contributed by atoms with Crippen molar-refractivity contribution < 1.29 is 0 Å². The Morgan fingerprint density at radius 2 is 1.76 bits per heavy atom. The molecule has 0 bridgehead atoms.